The van der Waals surface area contributed by atoms with Gasteiger partial charge in [-0.2, -0.15) is 0 Å². The van der Waals surface area contributed by atoms with Crippen LogP contribution in [-0.4, -0.2) is 16.0 Å². The molecule has 0 saturated heterocycles. The minimum absolute atomic E-state index is 0.509. The summed E-state index contributed by atoms with van der Waals surface area (Å²) in [6.07, 6.45) is 7.72. The van der Waals surface area contributed by atoms with Crippen LogP contribution in [0.5, 0.6) is 0 Å². The summed E-state index contributed by atoms with van der Waals surface area (Å²) in [6.45, 7) is 2.26. The van der Waals surface area contributed by atoms with Crippen LogP contribution < -0.4 is 5.32 Å². The van der Waals surface area contributed by atoms with Crippen molar-refractivity contribution in [3.05, 3.63) is 29.0 Å². The molecule has 0 spiro atoms. The van der Waals surface area contributed by atoms with Crippen LogP contribution in [-0.2, 0) is 0 Å². The first kappa shape index (κ1) is 11.9. The van der Waals surface area contributed by atoms with E-state index in [0.29, 0.717) is 6.04 Å². The van der Waals surface area contributed by atoms with Crippen molar-refractivity contribution in [1.82, 2.24) is 9.97 Å². The van der Waals surface area contributed by atoms with Gasteiger partial charge in [0.25, 0.3) is 0 Å². The number of nitrogens with zero attached hydrogens (tertiary/aromatic N) is 2. The van der Waals surface area contributed by atoms with Crippen molar-refractivity contribution in [1.29, 1.82) is 0 Å². The van der Waals surface area contributed by atoms with E-state index in [4.69, 9.17) is 0 Å². The molecule has 2 heterocycles. The summed E-state index contributed by atoms with van der Waals surface area (Å²) in [7, 11) is 0. The lowest BCUT2D eigenvalue weighted by Gasteiger charge is -2.32. The molecule has 18 heavy (non-hydrogen) atoms. The lowest BCUT2D eigenvalue weighted by Crippen LogP contribution is -2.30. The van der Waals surface area contributed by atoms with E-state index in [2.05, 4.69) is 38.1 Å². The summed E-state index contributed by atoms with van der Waals surface area (Å²) in [5.41, 5.74) is 2.97. The van der Waals surface area contributed by atoms with Crippen LogP contribution in [0.2, 0.25) is 0 Å². The summed E-state index contributed by atoms with van der Waals surface area (Å²) in [4.78, 5) is 8.82. The highest BCUT2D eigenvalue weighted by Gasteiger charge is 2.24. The van der Waals surface area contributed by atoms with Crippen LogP contribution in [0.15, 0.2) is 29.0 Å². The number of rotatable bonds is 3. The van der Waals surface area contributed by atoms with Crippen molar-refractivity contribution >= 4 is 32.7 Å². The van der Waals surface area contributed by atoms with Gasteiger partial charge in [-0.3, -0.25) is 9.97 Å². The zero-order chi connectivity index (χ0) is 12.5. The lowest BCUT2D eigenvalue weighted by atomic mass is 9.80. The van der Waals surface area contributed by atoms with Gasteiger partial charge in [0.2, 0.25) is 0 Å². The van der Waals surface area contributed by atoms with Gasteiger partial charge in [-0.25, -0.2) is 0 Å². The Bertz CT molecular complexity index is 566. The predicted octanol–water partition coefficient (Wildman–Crippen LogP) is 3.99. The molecule has 0 amide bonds. The number of hydrogen-bond donors (Lipinski definition) is 1. The fraction of sp³-hybridized carbons (Fsp3) is 0.429. The molecule has 1 fully saturated rings. The molecule has 1 N–H and O–H groups in total. The third-order valence-corrected chi connectivity index (χ3v) is 4.22. The van der Waals surface area contributed by atoms with Gasteiger partial charge in [0.1, 0.15) is 5.52 Å². The number of anilines is 1. The third-order valence-electron chi connectivity index (χ3n) is 3.78. The normalized spacial score (nSPS) is 17.4. The topological polar surface area (TPSA) is 37.8 Å². The van der Waals surface area contributed by atoms with E-state index in [1.807, 2.05) is 24.5 Å². The van der Waals surface area contributed by atoms with Crippen LogP contribution in [0, 0.1) is 5.92 Å². The Labute approximate surface area is 115 Å². The smallest absolute Gasteiger partial charge is 0.112 e. The zero-order valence-corrected chi connectivity index (χ0v) is 11.9. The Balaban J connectivity index is 1.91. The monoisotopic (exact) mass is 305 g/mol. The minimum atomic E-state index is 0.509. The summed E-state index contributed by atoms with van der Waals surface area (Å²) >= 11 is 3.43. The number of nitrogens with one attached hydrogen (secondary N) is 1. The van der Waals surface area contributed by atoms with E-state index in [-0.39, 0.29) is 0 Å². The number of fused-ring (bicyclic) bond motifs is 1. The predicted molar refractivity (Wildman–Crippen MR) is 77.7 cm³/mol. The van der Waals surface area contributed by atoms with E-state index in [0.717, 1.165) is 27.1 Å². The molecule has 94 valence electrons. The van der Waals surface area contributed by atoms with Crippen molar-refractivity contribution in [2.75, 3.05) is 5.32 Å². The molecule has 1 aliphatic carbocycles. The molecule has 1 unspecified atom stereocenters. The first-order valence-corrected chi connectivity index (χ1v) is 7.20. The average Bonchev–Trinajstić information content (AvgIpc) is 2.26. The summed E-state index contributed by atoms with van der Waals surface area (Å²) in [6, 6.07) is 4.52. The van der Waals surface area contributed by atoms with Crippen LogP contribution >= 0.6 is 15.9 Å². The fourth-order valence-electron chi connectivity index (χ4n) is 2.42. The number of aromatic nitrogens is 2. The molecule has 2 aromatic heterocycles. The van der Waals surface area contributed by atoms with Gasteiger partial charge < -0.3 is 5.32 Å². The van der Waals surface area contributed by atoms with Crippen molar-refractivity contribution in [3.63, 3.8) is 0 Å². The molecule has 2 aromatic rings. The van der Waals surface area contributed by atoms with E-state index in [1.54, 1.807) is 0 Å². The van der Waals surface area contributed by atoms with E-state index in [9.17, 15) is 0 Å². The minimum Gasteiger partial charge on any atom is -0.380 e. The fourth-order valence-corrected chi connectivity index (χ4v) is 2.74. The molecule has 0 aromatic carbocycles. The van der Waals surface area contributed by atoms with Crippen LogP contribution in [0.4, 0.5) is 5.69 Å². The maximum absolute atomic E-state index is 4.47. The molecule has 3 rings (SSSR count). The highest BCUT2D eigenvalue weighted by molar-refractivity contribution is 9.10. The van der Waals surface area contributed by atoms with Crippen molar-refractivity contribution in [2.45, 2.75) is 32.2 Å². The molecular formula is C14H16BrN3. The Morgan fingerprint density at radius 2 is 2.22 bits per heavy atom. The maximum Gasteiger partial charge on any atom is 0.112 e. The zero-order valence-electron chi connectivity index (χ0n) is 10.4. The van der Waals surface area contributed by atoms with Crippen LogP contribution in [0.25, 0.3) is 11.0 Å². The molecule has 1 saturated carbocycles. The van der Waals surface area contributed by atoms with E-state index in [1.165, 1.54) is 19.3 Å². The lowest BCUT2D eigenvalue weighted by molar-refractivity contribution is 0.285. The maximum atomic E-state index is 4.47. The Hall–Kier alpha value is -1.16. The van der Waals surface area contributed by atoms with Crippen LogP contribution in [0.1, 0.15) is 26.2 Å². The standard InChI is InChI=1S/C14H16BrN3/c1-9(10-3-2-4-10)18-12-5-6-16-13-7-11(15)8-17-14(12)13/h5-10H,2-4H2,1H3,(H,16,18). The van der Waals surface area contributed by atoms with Crippen molar-refractivity contribution in [3.8, 4) is 0 Å². The molecule has 0 radical (unpaired) electrons. The Kier molecular flexibility index (Phi) is 3.20. The largest absolute Gasteiger partial charge is 0.380 e. The molecule has 3 nitrogen and oxygen atoms in total. The van der Waals surface area contributed by atoms with E-state index >= 15 is 0 Å². The van der Waals surface area contributed by atoms with Gasteiger partial charge in [-0.05, 0) is 53.7 Å². The van der Waals surface area contributed by atoms with Gasteiger partial charge in [-0.15, -0.1) is 0 Å². The van der Waals surface area contributed by atoms with Crippen LogP contribution in [0.3, 0.4) is 0 Å². The quantitative estimate of drug-likeness (QED) is 0.931. The highest BCUT2D eigenvalue weighted by atomic mass is 79.9. The molecule has 0 aliphatic heterocycles. The number of hydrogen-bond acceptors (Lipinski definition) is 3. The summed E-state index contributed by atoms with van der Waals surface area (Å²) in [5.74, 6) is 0.809. The third kappa shape index (κ3) is 2.21. The second-order valence-corrected chi connectivity index (χ2v) is 5.92. The highest BCUT2D eigenvalue weighted by Crippen LogP contribution is 2.32. The number of halogens is 1. The van der Waals surface area contributed by atoms with E-state index < -0.39 is 0 Å². The first-order valence-electron chi connectivity index (χ1n) is 6.41. The first-order chi connectivity index (χ1) is 8.74. The summed E-state index contributed by atoms with van der Waals surface area (Å²) < 4.78 is 0.965. The molecular weight excluding hydrogens is 290 g/mol. The second-order valence-electron chi connectivity index (χ2n) is 5.00. The van der Waals surface area contributed by atoms with Crippen molar-refractivity contribution < 1.29 is 0 Å². The van der Waals surface area contributed by atoms with Gasteiger partial charge in [0, 0.05) is 22.9 Å². The molecule has 1 aliphatic rings. The Morgan fingerprint density at radius 3 is 2.94 bits per heavy atom. The van der Waals surface area contributed by atoms with Gasteiger partial charge >= 0.3 is 0 Å². The summed E-state index contributed by atoms with van der Waals surface area (Å²) in [5, 5.41) is 3.59. The molecule has 1 atom stereocenters. The Morgan fingerprint density at radius 1 is 1.39 bits per heavy atom. The van der Waals surface area contributed by atoms with Gasteiger partial charge in [-0.1, -0.05) is 6.42 Å². The van der Waals surface area contributed by atoms with Gasteiger partial charge in [0.15, 0.2) is 0 Å². The van der Waals surface area contributed by atoms with Gasteiger partial charge in [0.05, 0.1) is 11.2 Å². The second kappa shape index (κ2) is 4.84. The SMILES string of the molecule is CC(Nc1ccnc2cc(Br)cnc12)C1CCC1. The molecule has 4 heteroatoms. The number of pyridine rings is 2. The average molecular weight is 306 g/mol. The molecule has 0 bridgehead atoms. The van der Waals surface area contributed by atoms with Crippen molar-refractivity contribution in [2.24, 2.45) is 5.92 Å².